The molecule has 0 bridgehead atoms. The lowest BCUT2D eigenvalue weighted by Gasteiger charge is -2.33. The Balaban J connectivity index is 1.72. The molecule has 1 aliphatic carbocycles. The summed E-state index contributed by atoms with van der Waals surface area (Å²) in [5.74, 6) is -0.298. The fraction of sp³-hybridized carbons (Fsp3) is 0.833. The Morgan fingerprint density at radius 1 is 1.22 bits per heavy atom. The van der Waals surface area contributed by atoms with Crippen molar-refractivity contribution in [3.63, 3.8) is 0 Å². The van der Waals surface area contributed by atoms with Crippen molar-refractivity contribution in [1.82, 2.24) is 15.5 Å². The van der Waals surface area contributed by atoms with E-state index in [0.717, 1.165) is 38.6 Å². The van der Waals surface area contributed by atoms with Crippen LogP contribution in [0.4, 0.5) is 4.79 Å². The van der Waals surface area contributed by atoms with Gasteiger partial charge in [-0.2, -0.15) is 0 Å². The van der Waals surface area contributed by atoms with Crippen LogP contribution in [-0.4, -0.2) is 53.7 Å². The Labute approximate surface area is 107 Å². The van der Waals surface area contributed by atoms with Crippen LogP contribution in [0, 0.1) is 0 Å². The summed E-state index contributed by atoms with van der Waals surface area (Å²) in [5.41, 5.74) is 0. The maximum atomic E-state index is 11.7. The first kappa shape index (κ1) is 13.3. The molecule has 1 aliphatic heterocycles. The number of piperidine rings is 1. The van der Waals surface area contributed by atoms with E-state index in [9.17, 15) is 14.7 Å². The van der Waals surface area contributed by atoms with E-state index < -0.39 is 6.03 Å². The predicted molar refractivity (Wildman–Crippen MR) is 66.0 cm³/mol. The van der Waals surface area contributed by atoms with Crippen molar-refractivity contribution >= 4 is 11.9 Å². The lowest BCUT2D eigenvalue weighted by atomic mass is 10.0. The summed E-state index contributed by atoms with van der Waals surface area (Å²) in [5, 5.41) is 14.3. The highest BCUT2D eigenvalue weighted by Crippen LogP contribution is 2.18. The van der Waals surface area contributed by atoms with Gasteiger partial charge in [0.25, 0.3) is 0 Å². The van der Waals surface area contributed by atoms with Gasteiger partial charge in [0.05, 0.1) is 13.2 Å². The number of nitrogens with zero attached hydrogens (tertiary/aromatic N) is 1. The van der Waals surface area contributed by atoms with E-state index in [2.05, 4.69) is 10.6 Å². The van der Waals surface area contributed by atoms with Crippen LogP contribution in [0.25, 0.3) is 0 Å². The zero-order chi connectivity index (χ0) is 13.0. The summed E-state index contributed by atoms with van der Waals surface area (Å²) in [6.07, 6.45) is 5.04. The van der Waals surface area contributed by atoms with Gasteiger partial charge in [-0.3, -0.25) is 15.0 Å². The van der Waals surface area contributed by atoms with Gasteiger partial charge in [0.1, 0.15) is 0 Å². The molecular weight excluding hydrogens is 234 g/mol. The number of rotatable bonds is 4. The molecule has 102 valence electrons. The van der Waals surface area contributed by atoms with Crippen molar-refractivity contribution in [1.29, 1.82) is 0 Å². The average Bonchev–Trinajstić information content (AvgIpc) is 3.13. The second-order valence-corrected chi connectivity index (χ2v) is 5.10. The average molecular weight is 255 g/mol. The molecular formula is C12H21N3O3. The zero-order valence-electron chi connectivity index (χ0n) is 10.5. The van der Waals surface area contributed by atoms with E-state index >= 15 is 0 Å². The molecule has 6 heteroatoms. The van der Waals surface area contributed by atoms with Crippen molar-refractivity contribution in [2.24, 2.45) is 0 Å². The summed E-state index contributed by atoms with van der Waals surface area (Å²) in [6.45, 7) is 1.06. The van der Waals surface area contributed by atoms with Crippen molar-refractivity contribution in [2.75, 3.05) is 19.7 Å². The lowest BCUT2D eigenvalue weighted by Crippen LogP contribution is -2.49. The fourth-order valence-electron chi connectivity index (χ4n) is 2.27. The van der Waals surface area contributed by atoms with Crippen LogP contribution >= 0.6 is 0 Å². The molecule has 1 saturated heterocycles. The molecule has 18 heavy (non-hydrogen) atoms. The Morgan fingerprint density at radius 3 is 2.67 bits per heavy atom. The second-order valence-electron chi connectivity index (χ2n) is 5.10. The van der Waals surface area contributed by atoms with Gasteiger partial charge < -0.3 is 10.4 Å². The Morgan fingerprint density at radius 2 is 2.00 bits per heavy atom. The fourth-order valence-corrected chi connectivity index (χ4v) is 2.27. The van der Waals surface area contributed by atoms with Crippen LogP contribution in [0.3, 0.4) is 0 Å². The van der Waals surface area contributed by atoms with Crippen LogP contribution in [0.15, 0.2) is 0 Å². The number of carbonyl (C=O) groups excluding carboxylic acids is 2. The molecule has 3 N–H and O–H groups in total. The van der Waals surface area contributed by atoms with Crippen molar-refractivity contribution in [3.05, 3.63) is 0 Å². The quantitative estimate of drug-likeness (QED) is 0.651. The molecule has 1 saturated carbocycles. The number of nitrogens with one attached hydrogen (secondary N) is 2. The summed E-state index contributed by atoms with van der Waals surface area (Å²) >= 11 is 0. The number of aliphatic hydroxyl groups is 1. The SMILES string of the molecule is O=C(CN1CCCCC1CO)NC(=O)NC1CC1. The lowest BCUT2D eigenvalue weighted by molar-refractivity contribution is -0.122. The molecule has 0 radical (unpaired) electrons. The maximum absolute atomic E-state index is 11.7. The third-order valence-corrected chi connectivity index (χ3v) is 3.47. The number of likely N-dealkylation sites (tertiary alicyclic amines) is 1. The van der Waals surface area contributed by atoms with Crippen LogP contribution in [0.5, 0.6) is 0 Å². The Bertz CT molecular complexity index is 318. The van der Waals surface area contributed by atoms with Gasteiger partial charge in [0, 0.05) is 12.1 Å². The van der Waals surface area contributed by atoms with Crippen LogP contribution < -0.4 is 10.6 Å². The standard InChI is InChI=1S/C12H21N3O3/c16-8-10-3-1-2-6-15(10)7-11(17)14-12(18)13-9-4-5-9/h9-10,16H,1-8H2,(H2,13,14,17,18). The minimum Gasteiger partial charge on any atom is -0.395 e. The van der Waals surface area contributed by atoms with E-state index in [-0.39, 0.29) is 31.1 Å². The maximum Gasteiger partial charge on any atom is 0.321 e. The van der Waals surface area contributed by atoms with Gasteiger partial charge in [-0.05, 0) is 32.2 Å². The highest BCUT2D eigenvalue weighted by Gasteiger charge is 2.26. The summed E-state index contributed by atoms with van der Waals surface area (Å²) < 4.78 is 0. The minimum absolute atomic E-state index is 0.0518. The normalized spacial score (nSPS) is 24.6. The first-order valence-corrected chi connectivity index (χ1v) is 6.64. The largest absolute Gasteiger partial charge is 0.395 e. The molecule has 0 spiro atoms. The van der Waals surface area contributed by atoms with Gasteiger partial charge in [0.15, 0.2) is 0 Å². The topological polar surface area (TPSA) is 81.7 Å². The number of aliphatic hydroxyl groups excluding tert-OH is 1. The van der Waals surface area contributed by atoms with Gasteiger partial charge >= 0.3 is 6.03 Å². The highest BCUT2D eigenvalue weighted by molar-refractivity contribution is 5.95. The molecule has 1 heterocycles. The minimum atomic E-state index is -0.403. The van der Waals surface area contributed by atoms with Crippen LogP contribution in [0.1, 0.15) is 32.1 Å². The van der Waals surface area contributed by atoms with E-state index in [0.29, 0.717) is 0 Å². The number of imide groups is 1. The third kappa shape index (κ3) is 3.96. The smallest absolute Gasteiger partial charge is 0.321 e. The first-order valence-electron chi connectivity index (χ1n) is 6.64. The molecule has 3 amide bonds. The molecule has 2 fully saturated rings. The number of urea groups is 1. The molecule has 0 aromatic rings. The Kier molecular flexibility index (Phi) is 4.54. The summed E-state index contributed by atoms with van der Waals surface area (Å²) in [7, 11) is 0. The number of carbonyl (C=O) groups is 2. The number of hydrogen-bond acceptors (Lipinski definition) is 4. The third-order valence-electron chi connectivity index (χ3n) is 3.47. The van der Waals surface area contributed by atoms with E-state index in [1.165, 1.54) is 0 Å². The van der Waals surface area contributed by atoms with Crippen LogP contribution in [-0.2, 0) is 4.79 Å². The predicted octanol–water partition coefficient (Wildman–Crippen LogP) is -0.179. The van der Waals surface area contributed by atoms with Gasteiger partial charge in [-0.25, -0.2) is 4.79 Å². The van der Waals surface area contributed by atoms with E-state index in [1.54, 1.807) is 0 Å². The van der Waals surface area contributed by atoms with Crippen LogP contribution in [0.2, 0.25) is 0 Å². The number of amides is 3. The van der Waals surface area contributed by atoms with Crippen molar-refractivity contribution in [3.8, 4) is 0 Å². The molecule has 1 atom stereocenters. The van der Waals surface area contributed by atoms with Gasteiger partial charge in [0.2, 0.25) is 5.91 Å². The van der Waals surface area contributed by atoms with Crippen molar-refractivity contribution < 1.29 is 14.7 Å². The molecule has 0 aromatic heterocycles. The zero-order valence-corrected chi connectivity index (χ0v) is 10.5. The summed E-state index contributed by atoms with van der Waals surface area (Å²) in [4.78, 5) is 25.0. The van der Waals surface area contributed by atoms with E-state index in [1.807, 2.05) is 4.90 Å². The monoisotopic (exact) mass is 255 g/mol. The number of hydrogen-bond donors (Lipinski definition) is 3. The summed E-state index contributed by atoms with van der Waals surface area (Å²) in [6, 6.07) is -0.103. The first-order chi connectivity index (χ1) is 8.69. The molecule has 2 rings (SSSR count). The molecule has 1 unspecified atom stereocenters. The molecule has 0 aromatic carbocycles. The van der Waals surface area contributed by atoms with Gasteiger partial charge in [-0.15, -0.1) is 0 Å². The van der Waals surface area contributed by atoms with Gasteiger partial charge in [-0.1, -0.05) is 6.42 Å². The second kappa shape index (κ2) is 6.15. The van der Waals surface area contributed by atoms with E-state index in [4.69, 9.17) is 0 Å². The van der Waals surface area contributed by atoms with Crippen molar-refractivity contribution in [2.45, 2.75) is 44.2 Å². The highest BCUT2D eigenvalue weighted by atomic mass is 16.3. The molecule has 2 aliphatic rings. The Hall–Kier alpha value is -1.14. The molecule has 6 nitrogen and oxygen atoms in total.